The van der Waals surface area contributed by atoms with Crippen LogP contribution >= 0.6 is 0 Å². The summed E-state index contributed by atoms with van der Waals surface area (Å²) in [4.78, 5) is 40.0. The van der Waals surface area contributed by atoms with Gasteiger partial charge in [-0.1, -0.05) is 12.1 Å². The van der Waals surface area contributed by atoms with Crippen molar-refractivity contribution in [3.05, 3.63) is 42.4 Å². The third kappa shape index (κ3) is 5.42. The number of carbonyl (C=O) groups is 2. The molecular weight excluding hydrogens is 512 g/mol. The number of anilines is 3. The Morgan fingerprint density at radius 2 is 2.00 bits per heavy atom. The van der Waals surface area contributed by atoms with E-state index in [9.17, 15) is 9.59 Å². The molecule has 12 heteroatoms. The monoisotopic (exact) mass is 546 g/mol. The number of methoxy groups -OCH3 is 1. The van der Waals surface area contributed by atoms with E-state index >= 15 is 0 Å². The summed E-state index contributed by atoms with van der Waals surface area (Å²) < 4.78 is 12.5. The standard InChI is InChI=1S/C28H34N8O4/c1-16-13-30-26(32-20-15-35(5)34-25(20)39-6)33-22(16)18-14-29-23-17(18)9-7-10-19(23)31-24(37)21-11-8-12-36(21)27(38)40-28(2,3)4/h7,9-10,13-15,21,29H,8,11-12H2,1-6H3,(H,31,37)(H,30,32,33). The third-order valence-electron chi connectivity index (χ3n) is 6.62. The highest BCUT2D eigenvalue weighted by Crippen LogP contribution is 2.34. The Bertz CT molecular complexity index is 1570. The highest BCUT2D eigenvalue weighted by Gasteiger charge is 2.36. The Morgan fingerprint density at radius 1 is 1.20 bits per heavy atom. The van der Waals surface area contributed by atoms with Gasteiger partial charge < -0.3 is 25.1 Å². The quantitative estimate of drug-likeness (QED) is 0.315. The number of H-pyrrole nitrogens is 1. The topological polar surface area (TPSA) is 139 Å². The van der Waals surface area contributed by atoms with Gasteiger partial charge in [-0.25, -0.2) is 14.8 Å². The largest absolute Gasteiger partial charge is 0.478 e. The number of amides is 2. The first-order valence-electron chi connectivity index (χ1n) is 13.1. The lowest BCUT2D eigenvalue weighted by molar-refractivity contribution is -0.120. The SMILES string of the molecule is COc1nn(C)cc1Nc1ncc(C)c(-c2c[nH]c3c(NC(=O)C4CCCN4C(=O)OC(C)(C)C)cccc23)n1. The van der Waals surface area contributed by atoms with Crippen molar-refractivity contribution >= 4 is 40.2 Å². The smallest absolute Gasteiger partial charge is 0.410 e. The van der Waals surface area contributed by atoms with Gasteiger partial charge in [0.05, 0.1) is 30.2 Å². The summed E-state index contributed by atoms with van der Waals surface area (Å²) in [6, 6.07) is 5.09. The zero-order valence-corrected chi connectivity index (χ0v) is 23.5. The van der Waals surface area contributed by atoms with Crippen LogP contribution in [0, 0.1) is 6.92 Å². The molecule has 0 saturated carbocycles. The number of nitrogens with one attached hydrogen (secondary N) is 3. The lowest BCUT2D eigenvalue weighted by atomic mass is 10.1. The summed E-state index contributed by atoms with van der Waals surface area (Å²) in [6.07, 6.45) is 6.25. The molecule has 0 radical (unpaired) electrons. The van der Waals surface area contributed by atoms with E-state index in [2.05, 4.69) is 25.7 Å². The Labute approximate surface area is 232 Å². The molecule has 0 aliphatic carbocycles. The van der Waals surface area contributed by atoms with Gasteiger partial charge in [-0.3, -0.25) is 14.4 Å². The first-order valence-corrected chi connectivity index (χ1v) is 13.1. The van der Waals surface area contributed by atoms with E-state index < -0.39 is 17.7 Å². The average molecular weight is 547 g/mol. The molecule has 4 heterocycles. The summed E-state index contributed by atoms with van der Waals surface area (Å²) in [7, 11) is 3.36. The second kappa shape index (κ2) is 10.5. The lowest BCUT2D eigenvalue weighted by Crippen LogP contribution is -2.45. The third-order valence-corrected chi connectivity index (χ3v) is 6.62. The van der Waals surface area contributed by atoms with Crippen LogP contribution in [0.2, 0.25) is 0 Å². The maximum absolute atomic E-state index is 13.3. The molecule has 1 unspecified atom stereocenters. The number of carbonyl (C=O) groups excluding carboxylic acids is 2. The number of likely N-dealkylation sites (tertiary alicyclic amines) is 1. The molecule has 5 rings (SSSR count). The van der Waals surface area contributed by atoms with Crippen molar-refractivity contribution in [2.75, 3.05) is 24.3 Å². The minimum Gasteiger partial charge on any atom is -0.478 e. The van der Waals surface area contributed by atoms with Gasteiger partial charge in [0.2, 0.25) is 11.9 Å². The molecule has 0 bridgehead atoms. The summed E-state index contributed by atoms with van der Waals surface area (Å²) >= 11 is 0. The van der Waals surface area contributed by atoms with E-state index in [1.165, 1.54) is 4.90 Å². The lowest BCUT2D eigenvalue weighted by Gasteiger charge is -2.28. The maximum atomic E-state index is 13.3. The fourth-order valence-corrected chi connectivity index (χ4v) is 4.85. The normalized spacial score (nSPS) is 15.3. The van der Waals surface area contributed by atoms with Gasteiger partial charge in [-0.15, -0.1) is 5.10 Å². The number of aryl methyl sites for hydroxylation is 2. The predicted octanol–water partition coefficient (Wildman–Crippen LogP) is 4.76. The molecule has 1 aliphatic heterocycles. The Kier molecular flexibility index (Phi) is 7.09. The number of nitrogens with zero attached hydrogens (tertiary/aromatic N) is 5. The van der Waals surface area contributed by atoms with Gasteiger partial charge in [-0.2, -0.15) is 0 Å². The number of benzene rings is 1. The Balaban J connectivity index is 1.40. The molecule has 2 amide bonds. The molecule has 3 aromatic heterocycles. The molecule has 4 aromatic rings. The number of hydrogen-bond donors (Lipinski definition) is 3. The summed E-state index contributed by atoms with van der Waals surface area (Å²) in [5.74, 6) is 0.588. The molecule has 1 atom stereocenters. The first kappa shape index (κ1) is 27.0. The van der Waals surface area contributed by atoms with Crippen molar-refractivity contribution in [2.45, 2.75) is 52.2 Å². The molecule has 1 aliphatic rings. The van der Waals surface area contributed by atoms with Crippen molar-refractivity contribution in [3.8, 4) is 17.1 Å². The van der Waals surface area contributed by atoms with Crippen LogP contribution in [0.25, 0.3) is 22.2 Å². The van der Waals surface area contributed by atoms with Crippen molar-refractivity contribution in [1.82, 2.24) is 29.6 Å². The minimum atomic E-state index is -0.633. The van der Waals surface area contributed by atoms with E-state index in [0.717, 1.165) is 34.1 Å². The fraction of sp³-hybridized carbons (Fsp3) is 0.393. The molecule has 1 fully saturated rings. The van der Waals surface area contributed by atoms with E-state index in [1.807, 2.05) is 52.1 Å². The number of fused-ring (bicyclic) bond motifs is 1. The Hall–Kier alpha value is -4.61. The molecule has 210 valence electrons. The fourth-order valence-electron chi connectivity index (χ4n) is 4.85. The number of rotatable bonds is 6. The highest BCUT2D eigenvalue weighted by atomic mass is 16.6. The number of ether oxygens (including phenoxy) is 2. The first-order chi connectivity index (χ1) is 19.0. The molecule has 3 N–H and O–H groups in total. The van der Waals surface area contributed by atoms with Crippen LogP contribution in [0.1, 0.15) is 39.2 Å². The van der Waals surface area contributed by atoms with Crippen LogP contribution < -0.4 is 15.4 Å². The van der Waals surface area contributed by atoms with Crippen LogP contribution in [-0.4, -0.2) is 66.9 Å². The van der Waals surface area contributed by atoms with Crippen molar-refractivity contribution in [2.24, 2.45) is 7.05 Å². The Morgan fingerprint density at radius 3 is 2.75 bits per heavy atom. The molecule has 0 spiro atoms. The van der Waals surface area contributed by atoms with Crippen LogP contribution in [0.4, 0.5) is 22.1 Å². The molecule has 40 heavy (non-hydrogen) atoms. The van der Waals surface area contributed by atoms with Gasteiger partial charge >= 0.3 is 6.09 Å². The number of aromatic amines is 1. The van der Waals surface area contributed by atoms with E-state index in [-0.39, 0.29) is 5.91 Å². The van der Waals surface area contributed by atoms with Gasteiger partial charge in [0, 0.05) is 36.9 Å². The summed E-state index contributed by atoms with van der Waals surface area (Å²) in [6.45, 7) is 7.87. The minimum absolute atomic E-state index is 0.248. The second-order valence-corrected chi connectivity index (χ2v) is 10.8. The van der Waals surface area contributed by atoms with E-state index in [1.54, 1.807) is 31.2 Å². The van der Waals surface area contributed by atoms with Gasteiger partial charge in [0.1, 0.15) is 17.3 Å². The van der Waals surface area contributed by atoms with Gasteiger partial charge in [0.15, 0.2) is 0 Å². The second-order valence-electron chi connectivity index (χ2n) is 10.8. The zero-order chi connectivity index (χ0) is 28.6. The highest BCUT2D eigenvalue weighted by molar-refractivity contribution is 6.07. The number of para-hydroxylation sites is 1. The van der Waals surface area contributed by atoms with Crippen LogP contribution in [-0.2, 0) is 16.6 Å². The number of hydrogen-bond acceptors (Lipinski definition) is 8. The van der Waals surface area contributed by atoms with Crippen LogP contribution in [0.3, 0.4) is 0 Å². The number of aromatic nitrogens is 5. The van der Waals surface area contributed by atoms with E-state index in [4.69, 9.17) is 14.5 Å². The van der Waals surface area contributed by atoms with Gasteiger partial charge in [0.25, 0.3) is 5.88 Å². The van der Waals surface area contributed by atoms with Crippen molar-refractivity contribution < 1.29 is 19.1 Å². The predicted molar refractivity (Wildman–Crippen MR) is 152 cm³/mol. The molecule has 1 aromatic carbocycles. The summed E-state index contributed by atoms with van der Waals surface area (Å²) in [5.41, 5.74) is 3.88. The van der Waals surface area contributed by atoms with Crippen LogP contribution in [0.15, 0.2) is 36.8 Å². The van der Waals surface area contributed by atoms with E-state index in [0.29, 0.717) is 36.2 Å². The molecular formula is C28H34N8O4. The average Bonchev–Trinajstić information content (AvgIpc) is 3.63. The van der Waals surface area contributed by atoms with Crippen molar-refractivity contribution in [3.63, 3.8) is 0 Å². The van der Waals surface area contributed by atoms with Crippen LogP contribution in [0.5, 0.6) is 5.88 Å². The van der Waals surface area contributed by atoms with Gasteiger partial charge in [-0.05, 0) is 52.2 Å². The molecule has 1 saturated heterocycles. The maximum Gasteiger partial charge on any atom is 0.410 e. The summed E-state index contributed by atoms with van der Waals surface area (Å²) in [5, 5.41) is 11.3. The molecule has 12 nitrogen and oxygen atoms in total. The zero-order valence-electron chi connectivity index (χ0n) is 23.5. The van der Waals surface area contributed by atoms with Crippen molar-refractivity contribution in [1.29, 1.82) is 0 Å².